The Kier molecular flexibility index (Phi) is 6.09. The van der Waals surface area contributed by atoms with E-state index in [0.29, 0.717) is 35.0 Å². The fourth-order valence-corrected chi connectivity index (χ4v) is 2.81. The lowest BCUT2D eigenvalue weighted by atomic mass is 10.2. The van der Waals surface area contributed by atoms with Crippen LogP contribution in [-0.2, 0) is 4.74 Å². The first-order chi connectivity index (χ1) is 11.0. The molecule has 6 nitrogen and oxygen atoms in total. The molecule has 1 aromatic carbocycles. The molecule has 0 spiro atoms. The minimum Gasteiger partial charge on any atom is -0.383 e. The van der Waals surface area contributed by atoms with Gasteiger partial charge in [0.1, 0.15) is 4.88 Å². The third kappa shape index (κ3) is 4.51. The van der Waals surface area contributed by atoms with E-state index in [1.807, 2.05) is 0 Å². The molecule has 2 N–H and O–H groups in total. The first-order valence-corrected chi connectivity index (χ1v) is 8.06. The molecular formula is C15H16ClN3O3S. The first kappa shape index (κ1) is 17.4. The third-order valence-electron chi connectivity index (χ3n) is 3.02. The van der Waals surface area contributed by atoms with Gasteiger partial charge in [0, 0.05) is 19.3 Å². The zero-order chi connectivity index (χ0) is 16.8. The molecule has 2 amide bonds. The van der Waals surface area contributed by atoms with Crippen LogP contribution in [0.4, 0.5) is 5.69 Å². The van der Waals surface area contributed by atoms with Crippen LogP contribution in [-0.4, -0.2) is 37.1 Å². The number of aryl methyl sites for hydroxylation is 1. The molecule has 8 heteroatoms. The van der Waals surface area contributed by atoms with E-state index in [9.17, 15) is 9.59 Å². The van der Waals surface area contributed by atoms with Crippen molar-refractivity contribution in [1.29, 1.82) is 0 Å². The topological polar surface area (TPSA) is 80.3 Å². The minimum atomic E-state index is -0.289. The van der Waals surface area contributed by atoms with E-state index in [0.717, 1.165) is 0 Å². The van der Waals surface area contributed by atoms with E-state index < -0.39 is 0 Å². The van der Waals surface area contributed by atoms with Crippen LogP contribution in [0.5, 0.6) is 0 Å². The SMILES string of the molecule is COCCNC(=O)c1ccc(NC(=O)c2scnc2C)cc1Cl. The Hall–Kier alpha value is -1.96. The maximum absolute atomic E-state index is 12.1. The minimum absolute atomic E-state index is 0.252. The fraction of sp³-hybridized carbons (Fsp3) is 0.267. The quantitative estimate of drug-likeness (QED) is 0.782. The van der Waals surface area contributed by atoms with E-state index in [-0.39, 0.29) is 16.8 Å². The van der Waals surface area contributed by atoms with Gasteiger partial charge in [-0.3, -0.25) is 9.59 Å². The standard InChI is InChI=1S/C15H16ClN3O3S/c1-9-13(23-8-18-9)15(21)19-10-3-4-11(12(16)7-10)14(20)17-5-6-22-2/h3-4,7-8H,5-6H2,1-2H3,(H,17,20)(H,19,21). The molecule has 122 valence electrons. The molecule has 0 fully saturated rings. The number of amides is 2. The summed E-state index contributed by atoms with van der Waals surface area (Å²) in [5.41, 5.74) is 3.15. The lowest BCUT2D eigenvalue weighted by molar-refractivity contribution is 0.0937. The van der Waals surface area contributed by atoms with Crippen molar-refractivity contribution in [2.45, 2.75) is 6.92 Å². The number of rotatable bonds is 6. The fourth-order valence-electron chi connectivity index (χ4n) is 1.85. The van der Waals surface area contributed by atoms with Gasteiger partial charge in [0.25, 0.3) is 11.8 Å². The van der Waals surface area contributed by atoms with Crippen LogP contribution in [0.3, 0.4) is 0 Å². The highest BCUT2D eigenvalue weighted by molar-refractivity contribution is 7.12. The summed E-state index contributed by atoms with van der Waals surface area (Å²) in [4.78, 5) is 28.7. The number of anilines is 1. The summed E-state index contributed by atoms with van der Waals surface area (Å²) < 4.78 is 4.87. The Morgan fingerprint density at radius 3 is 2.74 bits per heavy atom. The van der Waals surface area contributed by atoms with Gasteiger partial charge in [-0.2, -0.15) is 0 Å². The Morgan fingerprint density at radius 2 is 2.13 bits per heavy atom. The number of ether oxygens (including phenoxy) is 1. The molecule has 0 radical (unpaired) electrons. The molecule has 1 aromatic heterocycles. The number of thiazole rings is 1. The smallest absolute Gasteiger partial charge is 0.267 e. The van der Waals surface area contributed by atoms with Crippen molar-refractivity contribution in [3.63, 3.8) is 0 Å². The third-order valence-corrected chi connectivity index (χ3v) is 4.26. The second-order valence-corrected chi connectivity index (χ2v) is 5.93. The molecule has 2 aromatic rings. The van der Waals surface area contributed by atoms with Crippen LogP contribution in [0, 0.1) is 6.92 Å². The molecular weight excluding hydrogens is 338 g/mol. The summed E-state index contributed by atoms with van der Waals surface area (Å²) >= 11 is 7.39. The Labute approximate surface area is 142 Å². The summed E-state index contributed by atoms with van der Waals surface area (Å²) in [5.74, 6) is -0.540. The predicted octanol–water partition coefficient (Wildman–Crippen LogP) is 2.73. The zero-order valence-corrected chi connectivity index (χ0v) is 14.3. The second-order valence-electron chi connectivity index (χ2n) is 4.66. The predicted molar refractivity (Wildman–Crippen MR) is 90.5 cm³/mol. The van der Waals surface area contributed by atoms with Crippen molar-refractivity contribution < 1.29 is 14.3 Å². The van der Waals surface area contributed by atoms with Gasteiger partial charge in [-0.05, 0) is 25.1 Å². The molecule has 0 saturated heterocycles. The maximum atomic E-state index is 12.1. The van der Waals surface area contributed by atoms with Gasteiger partial charge in [0.05, 0.1) is 28.4 Å². The lowest BCUT2D eigenvalue weighted by Gasteiger charge is -2.09. The van der Waals surface area contributed by atoms with Gasteiger partial charge >= 0.3 is 0 Å². The number of hydrogen-bond donors (Lipinski definition) is 2. The van der Waals surface area contributed by atoms with Crippen molar-refractivity contribution in [2.75, 3.05) is 25.6 Å². The van der Waals surface area contributed by atoms with E-state index in [1.54, 1.807) is 37.7 Å². The van der Waals surface area contributed by atoms with Crippen molar-refractivity contribution in [3.8, 4) is 0 Å². The van der Waals surface area contributed by atoms with Crippen LogP contribution in [0.25, 0.3) is 0 Å². The monoisotopic (exact) mass is 353 g/mol. The van der Waals surface area contributed by atoms with E-state index in [1.165, 1.54) is 11.3 Å². The molecule has 23 heavy (non-hydrogen) atoms. The van der Waals surface area contributed by atoms with Gasteiger partial charge in [-0.1, -0.05) is 11.6 Å². The maximum Gasteiger partial charge on any atom is 0.267 e. The summed E-state index contributed by atoms with van der Waals surface area (Å²) in [7, 11) is 1.56. The molecule has 0 aliphatic heterocycles. The van der Waals surface area contributed by atoms with Crippen LogP contribution in [0.1, 0.15) is 25.7 Å². The average molecular weight is 354 g/mol. The number of carbonyl (C=O) groups excluding carboxylic acids is 2. The number of nitrogens with zero attached hydrogens (tertiary/aromatic N) is 1. The number of halogens is 1. The zero-order valence-electron chi connectivity index (χ0n) is 12.7. The number of hydrogen-bond acceptors (Lipinski definition) is 5. The van der Waals surface area contributed by atoms with Crippen molar-refractivity contribution >= 4 is 40.4 Å². The van der Waals surface area contributed by atoms with Crippen LogP contribution >= 0.6 is 22.9 Å². The normalized spacial score (nSPS) is 10.4. The second kappa shape index (κ2) is 8.05. The number of carbonyl (C=O) groups is 2. The van der Waals surface area contributed by atoms with Gasteiger partial charge in [-0.15, -0.1) is 11.3 Å². The highest BCUT2D eigenvalue weighted by atomic mass is 35.5. The summed E-state index contributed by atoms with van der Waals surface area (Å²) in [6.45, 7) is 2.59. The number of nitrogens with one attached hydrogen (secondary N) is 2. The van der Waals surface area contributed by atoms with Gasteiger partial charge in [0.2, 0.25) is 0 Å². The number of aromatic nitrogens is 1. The Balaban J connectivity index is 2.06. The van der Waals surface area contributed by atoms with E-state index >= 15 is 0 Å². The molecule has 0 aliphatic rings. The molecule has 2 rings (SSSR count). The Bertz CT molecular complexity index is 718. The van der Waals surface area contributed by atoms with Crippen molar-refractivity contribution in [3.05, 3.63) is 44.9 Å². The largest absolute Gasteiger partial charge is 0.383 e. The van der Waals surface area contributed by atoms with Gasteiger partial charge in [-0.25, -0.2) is 4.98 Å². The van der Waals surface area contributed by atoms with Crippen LogP contribution in [0.2, 0.25) is 5.02 Å². The summed E-state index contributed by atoms with van der Waals surface area (Å²) in [6.07, 6.45) is 0. The molecule has 0 saturated carbocycles. The Morgan fingerprint density at radius 1 is 1.35 bits per heavy atom. The molecule has 0 atom stereocenters. The summed E-state index contributed by atoms with van der Waals surface area (Å²) in [5, 5.41) is 5.69. The highest BCUT2D eigenvalue weighted by Gasteiger charge is 2.14. The van der Waals surface area contributed by atoms with Gasteiger partial charge < -0.3 is 15.4 Å². The van der Waals surface area contributed by atoms with Crippen LogP contribution in [0.15, 0.2) is 23.7 Å². The highest BCUT2D eigenvalue weighted by Crippen LogP contribution is 2.22. The van der Waals surface area contributed by atoms with Crippen molar-refractivity contribution in [2.24, 2.45) is 0 Å². The van der Waals surface area contributed by atoms with Crippen molar-refractivity contribution in [1.82, 2.24) is 10.3 Å². The number of methoxy groups -OCH3 is 1. The molecule has 0 bridgehead atoms. The van der Waals surface area contributed by atoms with E-state index in [2.05, 4.69) is 15.6 Å². The van der Waals surface area contributed by atoms with E-state index in [4.69, 9.17) is 16.3 Å². The average Bonchev–Trinajstić information content (AvgIpc) is 2.93. The molecule has 1 heterocycles. The summed E-state index contributed by atoms with van der Waals surface area (Å²) in [6, 6.07) is 4.74. The molecule has 0 unspecified atom stereocenters. The van der Waals surface area contributed by atoms with Crippen LogP contribution < -0.4 is 10.6 Å². The first-order valence-electron chi connectivity index (χ1n) is 6.81. The lowest BCUT2D eigenvalue weighted by Crippen LogP contribution is -2.27. The number of benzene rings is 1. The van der Waals surface area contributed by atoms with Gasteiger partial charge in [0.15, 0.2) is 0 Å². The molecule has 0 aliphatic carbocycles.